The zero-order valence-electron chi connectivity index (χ0n) is 12.2. The van der Waals surface area contributed by atoms with Gasteiger partial charge in [-0.25, -0.2) is 0 Å². The second-order valence-corrected chi connectivity index (χ2v) is 4.84. The predicted molar refractivity (Wildman–Crippen MR) is 77.0 cm³/mol. The van der Waals surface area contributed by atoms with Gasteiger partial charge < -0.3 is 15.0 Å². The third-order valence-corrected chi connectivity index (χ3v) is 3.01. The first-order valence-electron chi connectivity index (χ1n) is 6.52. The quantitative estimate of drug-likeness (QED) is 0.758. The molecule has 2 rings (SSSR count). The first kappa shape index (κ1) is 15.0. The molecule has 0 unspecified atom stereocenters. The fraction of sp³-hybridized carbons (Fsp3) is 0.357. The lowest BCUT2D eigenvalue weighted by Crippen LogP contribution is -2.30. The molecule has 0 saturated carbocycles. The van der Waals surface area contributed by atoms with E-state index < -0.39 is 5.91 Å². The molecule has 2 aromatic rings. The van der Waals surface area contributed by atoms with Gasteiger partial charge in [-0.2, -0.15) is 5.10 Å². The number of methoxy groups -OCH3 is 1. The van der Waals surface area contributed by atoms with Crippen molar-refractivity contribution in [3.63, 3.8) is 0 Å². The summed E-state index contributed by atoms with van der Waals surface area (Å²) in [7, 11) is 1.59. The maximum atomic E-state index is 12.1. The Kier molecular flexibility index (Phi) is 4.54. The van der Waals surface area contributed by atoms with Gasteiger partial charge in [0.2, 0.25) is 0 Å². The van der Waals surface area contributed by atoms with Crippen molar-refractivity contribution in [1.82, 2.24) is 20.5 Å². The summed E-state index contributed by atoms with van der Waals surface area (Å²) in [6.45, 7) is 4.19. The van der Waals surface area contributed by atoms with Crippen molar-refractivity contribution in [2.75, 3.05) is 7.11 Å². The average Bonchev–Trinajstić information content (AvgIpc) is 2.83. The Morgan fingerprint density at radius 1 is 1.38 bits per heavy atom. The van der Waals surface area contributed by atoms with Crippen molar-refractivity contribution >= 4 is 5.91 Å². The second-order valence-electron chi connectivity index (χ2n) is 4.84. The summed E-state index contributed by atoms with van der Waals surface area (Å²) in [6.07, 6.45) is 0. The van der Waals surface area contributed by atoms with Gasteiger partial charge in [0.05, 0.1) is 24.5 Å². The van der Waals surface area contributed by atoms with Crippen LogP contribution in [0.25, 0.3) is 0 Å². The van der Waals surface area contributed by atoms with Crippen LogP contribution in [0.2, 0.25) is 0 Å². The number of rotatable bonds is 5. The number of carbonyl (C=O) groups is 1. The summed E-state index contributed by atoms with van der Waals surface area (Å²) in [6, 6.07) is 3.57. The Morgan fingerprint density at radius 2 is 2.14 bits per heavy atom. The van der Waals surface area contributed by atoms with Gasteiger partial charge in [0.15, 0.2) is 0 Å². The number of pyridine rings is 1. The second kappa shape index (κ2) is 6.36. The van der Waals surface area contributed by atoms with Crippen molar-refractivity contribution in [2.24, 2.45) is 0 Å². The Hall–Kier alpha value is -2.41. The molecule has 21 heavy (non-hydrogen) atoms. The molecule has 7 nitrogen and oxygen atoms in total. The number of hydrogen-bond acceptors (Lipinski definition) is 4. The molecule has 0 radical (unpaired) electrons. The summed E-state index contributed by atoms with van der Waals surface area (Å²) in [5.74, 6) is -0.406. The number of aryl methyl sites for hydroxylation is 2. The molecule has 2 aromatic heterocycles. The maximum absolute atomic E-state index is 12.1. The van der Waals surface area contributed by atoms with Gasteiger partial charge in [-0.15, -0.1) is 0 Å². The fourth-order valence-electron chi connectivity index (χ4n) is 2.12. The first-order valence-corrected chi connectivity index (χ1v) is 6.52. The number of amides is 1. The van der Waals surface area contributed by atoms with E-state index in [0.717, 1.165) is 17.1 Å². The molecule has 112 valence electrons. The molecule has 0 aliphatic rings. The van der Waals surface area contributed by atoms with Crippen LogP contribution < -0.4 is 10.9 Å². The number of carbonyl (C=O) groups excluding carboxylic acids is 1. The van der Waals surface area contributed by atoms with Gasteiger partial charge in [0.1, 0.15) is 5.56 Å². The lowest BCUT2D eigenvalue weighted by atomic mass is 10.1. The number of hydrogen-bond donors (Lipinski definition) is 3. The van der Waals surface area contributed by atoms with E-state index in [4.69, 9.17) is 4.74 Å². The number of ether oxygens (including phenoxy) is 1. The summed E-state index contributed by atoms with van der Waals surface area (Å²) >= 11 is 0. The highest BCUT2D eigenvalue weighted by Gasteiger charge is 2.14. The molecule has 0 bridgehead atoms. The van der Waals surface area contributed by atoms with Gasteiger partial charge in [-0.05, 0) is 31.5 Å². The zero-order chi connectivity index (χ0) is 15.4. The van der Waals surface area contributed by atoms with Crippen LogP contribution in [0.3, 0.4) is 0 Å². The van der Waals surface area contributed by atoms with E-state index in [9.17, 15) is 9.59 Å². The zero-order valence-corrected chi connectivity index (χ0v) is 12.2. The van der Waals surface area contributed by atoms with Crippen molar-refractivity contribution in [2.45, 2.75) is 27.0 Å². The molecular weight excluding hydrogens is 272 g/mol. The minimum absolute atomic E-state index is 0.136. The molecule has 0 spiro atoms. The largest absolute Gasteiger partial charge is 0.378 e. The van der Waals surface area contributed by atoms with Gasteiger partial charge in [0.25, 0.3) is 11.5 Å². The Morgan fingerprint density at radius 3 is 2.81 bits per heavy atom. The molecule has 3 N–H and O–H groups in total. The number of aromatic nitrogens is 3. The summed E-state index contributed by atoms with van der Waals surface area (Å²) in [5.41, 5.74) is 2.64. The molecule has 0 saturated heterocycles. The van der Waals surface area contributed by atoms with Crippen LogP contribution in [0.5, 0.6) is 0 Å². The van der Waals surface area contributed by atoms with Crippen molar-refractivity contribution < 1.29 is 9.53 Å². The topological polar surface area (TPSA) is 99.9 Å². The average molecular weight is 290 g/mol. The monoisotopic (exact) mass is 290 g/mol. The number of aromatic amines is 2. The van der Waals surface area contributed by atoms with E-state index in [0.29, 0.717) is 12.2 Å². The highest BCUT2D eigenvalue weighted by atomic mass is 16.5. The van der Waals surface area contributed by atoms with Crippen LogP contribution in [-0.4, -0.2) is 28.2 Å². The number of nitrogens with zero attached hydrogens (tertiary/aromatic N) is 1. The Bertz CT molecular complexity index is 702. The maximum Gasteiger partial charge on any atom is 0.261 e. The van der Waals surface area contributed by atoms with E-state index in [-0.39, 0.29) is 17.7 Å². The van der Waals surface area contributed by atoms with E-state index in [1.54, 1.807) is 33.1 Å². The molecule has 0 aliphatic carbocycles. The third kappa shape index (κ3) is 3.57. The van der Waals surface area contributed by atoms with Gasteiger partial charge >= 0.3 is 0 Å². The van der Waals surface area contributed by atoms with Crippen LogP contribution in [0.15, 0.2) is 16.9 Å². The van der Waals surface area contributed by atoms with Crippen LogP contribution in [0.4, 0.5) is 0 Å². The SMILES string of the molecule is COCc1cc(CNC(=O)c2c(C)cc(C)[nH]c2=O)[nH]n1. The minimum Gasteiger partial charge on any atom is -0.378 e. The summed E-state index contributed by atoms with van der Waals surface area (Å²) in [4.78, 5) is 26.6. The summed E-state index contributed by atoms with van der Waals surface area (Å²) < 4.78 is 4.96. The van der Waals surface area contributed by atoms with E-state index in [1.165, 1.54) is 0 Å². The molecular formula is C14H18N4O3. The van der Waals surface area contributed by atoms with Crippen LogP contribution in [-0.2, 0) is 17.9 Å². The standard InChI is InChI=1S/C14H18N4O3/c1-8-4-9(2)16-14(20)12(8)13(19)15-6-10-5-11(7-21-3)18-17-10/h4-5H,6-7H2,1-3H3,(H,15,19)(H,16,20)(H,17,18). The van der Waals surface area contributed by atoms with Crippen molar-refractivity contribution in [1.29, 1.82) is 0 Å². The predicted octanol–water partition coefficient (Wildman–Crippen LogP) is 0.791. The number of nitrogens with one attached hydrogen (secondary N) is 3. The molecule has 0 atom stereocenters. The Labute approximate surface area is 121 Å². The lowest BCUT2D eigenvalue weighted by molar-refractivity contribution is 0.0948. The van der Waals surface area contributed by atoms with E-state index in [1.807, 2.05) is 0 Å². The fourth-order valence-corrected chi connectivity index (χ4v) is 2.12. The first-order chi connectivity index (χ1) is 10.0. The molecule has 0 aromatic carbocycles. The van der Waals surface area contributed by atoms with E-state index in [2.05, 4.69) is 20.5 Å². The van der Waals surface area contributed by atoms with Crippen LogP contribution in [0.1, 0.15) is 33.0 Å². The minimum atomic E-state index is -0.406. The molecule has 2 heterocycles. The molecule has 1 amide bonds. The number of H-pyrrole nitrogens is 2. The molecule has 0 fully saturated rings. The van der Waals surface area contributed by atoms with Gasteiger partial charge in [-0.1, -0.05) is 0 Å². The van der Waals surface area contributed by atoms with Crippen LogP contribution in [0, 0.1) is 13.8 Å². The van der Waals surface area contributed by atoms with E-state index >= 15 is 0 Å². The molecule has 0 aliphatic heterocycles. The highest BCUT2D eigenvalue weighted by molar-refractivity contribution is 5.95. The molecule has 7 heteroatoms. The van der Waals surface area contributed by atoms with Gasteiger partial charge in [-0.3, -0.25) is 14.7 Å². The Balaban J connectivity index is 2.06. The third-order valence-electron chi connectivity index (χ3n) is 3.01. The lowest BCUT2D eigenvalue weighted by Gasteiger charge is -2.06. The normalized spacial score (nSPS) is 10.6. The van der Waals surface area contributed by atoms with Crippen molar-refractivity contribution in [3.8, 4) is 0 Å². The highest BCUT2D eigenvalue weighted by Crippen LogP contribution is 2.05. The van der Waals surface area contributed by atoms with Crippen LogP contribution >= 0.6 is 0 Å². The smallest absolute Gasteiger partial charge is 0.261 e. The summed E-state index contributed by atoms with van der Waals surface area (Å²) in [5, 5.41) is 9.54. The van der Waals surface area contributed by atoms with Crippen molar-refractivity contribution in [3.05, 3.63) is 50.7 Å². The van der Waals surface area contributed by atoms with Gasteiger partial charge in [0, 0.05) is 12.8 Å².